The number of halogens is 1. The fraction of sp³-hybridized carbons (Fsp3) is 0.750. The molecule has 16 heavy (non-hydrogen) atoms. The maximum Gasteiger partial charge on any atom is 0.1000 e. The maximum absolute atomic E-state index is 10.4. The van der Waals surface area contributed by atoms with Crippen LogP contribution in [0.5, 0.6) is 0 Å². The maximum atomic E-state index is 10.4. The summed E-state index contributed by atoms with van der Waals surface area (Å²) in [4.78, 5) is 0. The zero-order valence-electron chi connectivity index (χ0n) is 9.43. The Morgan fingerprint density at radius 3 is 2.81 bits per heavy atom. The molecule has 1 heterocycles. The van der Waals surface area contributed by atoms with Crippen LogP contribution in [0.15, 0.2) is 6.20 Å². The van der Waals surface area contributed by atoms with E-state index in [0.717, 1.165) is 36.9 Å². The minimum Gasteiger partial charge on any atom is -0.386 e. The molecule has 4 heteroatoms. The summed E-state index contributed by atoms with van der Waals surface area (Å²) in [6.07, 6.45) is 4.92. The zero-order valence-corrected chi connectivity index (χ0v) is 10.2. The number of aryl methyl sites for hydroxylation is 1. The van der Waals surface area contributed by atoms with E-state index in [1.165, 1.54) is 6.42 Å². The van der Waals surface area contributed by atoms with E-state index in [9.17, 15) is 5.11 Å². The van der Waals surface area contributed by atoms with Crippen LogP contribution < -0.4 is 0 Å². The third-order valence-corrected chi connectivity index (χ3v) is 4.43. The molecule has 0 aromatic carbocycles. The first-order valence-corrected chi connectivity index (χ1v) is 6.47. The minimum atomic E-state index is -0.428. The smallest absolute Gasteiger partial charge is 0.1000 e. The van der Waals surface area contributed by atoms with E-state index in [1.54, 1.807) is 6.20 Å². The lowest BCUT2D eigenvalue weighted by molar-refractivity contribution is 0.0955. The molecule has 3 rings (SSSR count). The molecule has 0 radical (unpaired) electrons. The number of rotatable bonds is 3. The molecule has 88 valence electrons. The number of fused-ring (bicyclic) bond motifs is 1. The predicted molar refractivity (Wildman–Crippen MR) is 62.2 cm³/mol. The lowest BCUT2D eigenvalue weighted by atomic mass is 9.94. The Morgan fingerprint density at radius 1 is 1.50 bits per heavy atom. The Balaban J connectivity index is 1.82. The molecule has 1 aromatic rings. The van der Waals surface area contributed by atoms with E-state index in [0.29, 0.717) is 10.9 Å². The van der Waals surface area contributed by atoms with E-state index >= 15 is 0 Å². The topological polar surface area (TPSA) is 38.0 Å². The van der Waals surface area contributed by atoms with Gasteiger partial charge in [-0.15, -0.1) is 0 Å². The molecule has 0 amide bonds. The van der Waals surface area contributed by atoms with E-state index in [1.807, 2.05) is 11.6 Å². The number of nitrogens with zero attached hydrogens (tertiary/aromatic N) is 2. The van der Waals surface area contributed by atoms with Crippen LogP contribution in [0.4, 0.5) is 0 Å². The molecular formula is C12H17ClN2O. The third kappa shape index (κ3) is 1.57. The molecule has 1 aromatic heterocycles. The molecule has 2 saturated carbocycles. The second-order valence-corrected chi connectivity index (χ2v) is 5.53. The largest absolute Gasteiger partial charge is 0.386 e. The van der Waals surface area contributed by atoms with Gasteiger partial charge in [0.25, 0.3) is 0 Å². The van der Waals surface area contributed by atoms with Gasteiger partial charge in [0.1, 0.15) is 0 Å². The van der Waals surface area contributed by atoms with Gasteiger partial charge in [-0.25, -0.2) is 0 Å². The lowest BCUT2D eigenvalue weighted by Crippen LogP contribution is -2.16. The minimum absolute atomic E-state index is 0.392. The van der Waals surface area contributed by atoms with E-state index in [2.05, 4.69) is 5.10 Å². The molecular weight excluding hydrogens is 224 g/mol. The summed E-state index contributed by atoms with van der Waals surface area (Å²) in [6.45, 7) is 2.78. The van der Waals surface area contributed by atoms with E-state index < -0.39 is 6.10 Å². The highest BCUT2D eigenvalue weighted by molar-refractivity contribution is 6.31. The third-order valence-electron chi connectivity index (χ3n) is 4.14. The average Bonchev–Trinajstić information content (AvgIpc) is 2.74. The van der Waals surface area contributed by atoms with Crippen LogP contribution >= 0.6 is 11.6 Å². The predicted octanol–water partition coefficient (Wildman–Crippen LogP) is 2.64. The van der Waals surface area contributed by atoms with Crippen molar-refractivity contribution in [1.29, 1.82) is 0 Å². The first-order valence-electron chi connectivity index (χ1n) is 6.10. The standard InChI is InChI=1S/C12H17ClN2O/c1-2-15-11(10(13)6-14-15)12(16)9-4-7-3-8(7)5-9/h6-9,12,16H,2-5H2,1H3. The second kappa shape index (κ2) is 3.74. The van der Waals surface area contributed by atoms with Gasteiger partial charge in [0.2, 0.25) is 0 Å². The van der Waals surface area contributed by atoms with Crippen molar-refractivity contribution >= 4 is 11.6 Å². The number of hydrogen-bond donors (Lipinski definition) is 1. The molecule has 0 aliphatic heterocycles. The quantitative estimate of drug-likeness (QED) is 0.882. The molecule has 0 spiro atoms. The SMILES string of the molecule is CCn1ncc(Cl)c1C(O)C1CC2CC2C1. The van der Waals surface area contributed by atoms with Crippen LogP contribution in [0.2, 0.25) is 5.02 Å². The van der Waals surface area contributed by atoms with Crippen LogP contribution in [0.25, 0.3) is 0 Å². The highest BCUT2D eigenvalue weighted by Gasteiger charge is 2.48. The summed E-state index contributed by atoms with van der Waals surface area (Å²) in [5, 5.41) is 15.2. The van der Waals surface area contributed by atoms with Crippen molar-refractivity contribution < 1.29 is 5.11 Å². The van der Waals surface area contributed by atoms with Crippen LogP contribution in [-0.2, 0) is 6.54 Å². The Hall–Kier alpha value is -0.540. The Kier molecular flexibility index (Phi) is 2.48. The molecule has 2 fully saturated rings. The highest BCUT2D eigenvalue weighted by atomic mass is 35.5. The van der Waals surface area contributed by atoms with Crippen LogP contribution in [0, 0.1) is 17.8 Å². The molecule has 0 saturated heterocycles. The number of hydrogen-bond acceptors (Lipinski definition) is 2. The summed E-state index contributed by atoms with van der Waals surface area (Å²) >= 11 is 6.10. The van der Waals surface area contributed by atoms with E-state index in [4.69, 9.17) is 11.6 Å². The van der Waals surface area contributed by atoms with Gasteiger partial charge < -0.3 is 5.11 Å². The highest BCUT2D eigenvalue weighted by Crippen LogP contribution is 2.57. The molecule has 3 nitrogen and oxygen atoms in total. The summed E-state index contributed by atoms with van der Waals surface area (Å²) < 4.78 is 1.82. The number of aliphatic hydroxyl groups excluding tert-OH is 1. The van der Waals surface area contributed by atoms with Crippen molar-refractivity contribution in [3.8, 4) is 0 Å². The molecule has 3 unspecified atom stereocenters. The van der Waals surface area contributed by atoms with Gasteiger partial charge in [-0.1, -0.05) is 11.6 Å². The molecule has 2 aliphatic carbocycles. The zero-order chi connectivity index (χ0) is 11.3. The first-order chi connectivity index (χ1) is 7.70. The van der Waals surface area contributed by atoms with E-state index in [-0.39, 0.29) is 0 Å². The molecule has 2 aliphatic rings. The van der Waals surface area contributed by atoms with Crippen LogP contribution in [-0.4, -0.2) is 14.9 Å². The average molecular weight is 241 g/mol. The van der Waals surface area contributed by atoms with Crippen molar-refractivity contribution in [2.75, 3.05) is 0 Å². The van der Waals surface area contributed by atoms with Crippen molar-refractivity contribution in [2.24, 2.45) is 17.8 Å². The Morgan fingerprint density at radius 2 is 2.19 bits per heavy atom. The van der Waals surface area contributed by atoms with Crippen molar-refractivity contribution in [3.05, 3.63) is 16.9 Å². The van der Waals surface area contributed by atoms with Gasteiger partial charge in [-0.3, -0.25) is 4.68 Å². The van der Waals surface area contributed by atoms with Gasteiger partial charge in [0.05, 0.1) is 23.0 Å². The van der Waals surface area contributed by atoms with Crippen molar-refractivity contribution in [2.45, 2.75) is 38.8 Å². The lowest BCUT2D eigenvalue weighted by Gasteiger charge is -2.20. The van der Waals surface area contributed by atoms with Gasteiger partial charge in [0, 0.05) is 6.54 Å². The second-order valence-electron chi connectivity index (χ2n) is 5.13. The van der Waals surface area contributed by atoms with Gasteiger partial charge in [-0.2, -0.15) is 5.10 Å². The summed E-state index contributed by atoms with van der Waals surface area (Å²) in [5.74, 6) is 2.16. The van der Waals surface area contributed by atoms with Gasteiger partial charge in [0.15, 0.2) is 0 Å². The fourth-order valence-electron chi connectivity index (χ4n) is 3.16. The van der Waals surface area contributed by atoms with Crippen molar-refractivity contribution in [1.82, 2.24) is 9.78 Å². The van der Waals surface area contributed by atoms with Gasteiger partial charge in [-0.05, 0) is 43.9 Å². The summed E-state index contributed by atoms with van der Waals surface area (Å²) in [6, 6.07) is 0. The first kappa shape index (κ1) is 10.6. The van der Waals surface area contributed by atoms with Crippen LogP contribution in [0.1, 0.15) is 38.0 Å². The van der Waals surface area contributed by atoms with Crippen LogP contribution in [0.3, 0.4) is 0 Å². The summed E-state index contributed by atoms with van der Waals surface area (Å²) in [7, 11) is 0. The van der Waals surface area contributed by atoms with Crippen molar-refractivity contribution in [3.63, 3.8) is 0 Å². The summed E-state index contributed by atoms with van der Waals surface area (Å²) in [5.41, 5.74) is 0.815. The monoisotopic (exact) mass is 240 g/mol. The molecule has 0 bridgehead atoms. The number of aliphatic hydroxyl groups is 1. The molecule has 1 N–H and O–H groups in total. The number of aromatic nitrogens is 2. The fourth-order valence-corrected chi connectivity index (χ4v) is 3.41. The Labute approximate surface area is 100 Å². The molecule has 3 atom stereocenters. The normalized spacial score (nSPS) is 33.8. The Bertz CT molecular complexity index is 394. The van der Waals surface area contributed by atoms with Gasteiger partial charge >= 0.3 is 0 Å².